The first-order valence-corrected chi connectivity index (χ1v) is 20.2. The van der Waals surface area contributed by atoms with Gasteiger partial charge in [-0.15, -0.1) is 0 Å². The summed E-state index contributed by atoms with van der Waals surface area (Å²) in [4.78, 5) is 50.8. The van der Waals surface area contributed by atoms with E-state index < -0.39 is 0 Å². The minimum absolute atomic E-state index is 0.0653. The Morgan fingerprint density at radius 3 is 1.49 bits per heavy atom. The topological polar surface area (TPSA) is 131 Å². The lowest BCUT2D eigenvalue weighted by Crippen LogP contribution is -2.49. The minimum Gasteiger partial charge on any atom is -0.496 e. The van der Waals surface area contributed by atoms with E-state index in [1.807, 2.05) is 102 Å². The maximum absolute atomic E-state index is 12.7. The second-order valence-corrected chi connectivity index (χ2v) is 16.3. The molecule has 2 heterocycles. The Kier molecular flexibility index (Phi) is 12.4. The van der Waals surface area contributed by atoms with Crippen molar-refractivity contribution in [3.63, 3.8) is 0 Å². The summed E-state index contributed by atoms with van der Waals surface area (Å²) in [7, 11) is 3.27. The molecule has 11 heteroatoms. The molecule has 0 unspecified atom stereocenters. The summed E-state index contributed by atoms with van der Waals surface area (Å²) < 4.78 is 10.9. The van der Waals surface area contributed by atoms with Gasteiger partial charge in [0, 0.05) is 57.9 Å². The second-order valence-electron chi connectivity index (χ2n) is 15.9. The Morgan fingerprint density at radius 2 is 1.10 bits per heavy atom. The molecule has 0 aromatic heterocycles. The molecule has 8 rings (SSSR count). The van der Waals surface area contributed by atoms with Crippen molar-refractivity contribution in [2.75, 3.05) is 35.1 Å². The maximum Gasteiger partial charge on any atom is 0.256 e. The van der Waals surface area contributed by atoms with Crippen LogP contribution in [0.15, 0.2) is 85.0 Å². The van der Waals surface area contributed by atoms with Crippen molar-refractivity contribution < 1.29 is 28.7 Å². The molecule has 0 radical (unpaired) electrons. The van der Waals surface area contributed by atoms with Gasteiger partial charge in [0.15, 0.2) is 0 Å². The monoisotopic (exact) mass is 816 g/mol. The Labute approximate surface area is 352 Å². The van der Waals surface area contributed by atoms with Crippen LogP contribution in [-0.2, 0) is 19.2 Å². The van der Waals surface area contributed by atoms with Crippen molar-refractivity contribution in [1.29, 1.82) is 0 Å². The lowest BCUT2D eigenvalue weighted by Gasteiger charge is -2.43. The third-order valence-electron chi connectivity index (χ3n) is 11.7. The van der Waals surface area contributed by atoms with Gasteiger partial charge in [-0.2, -0.15) is 0 Å². The number of rotatable bonds is 9. The number of carbonyl (C=O) groups excluding carboxylic acids is 4. The fourth-order valence-electron chi connectivity index (χ4n) is 7.17. The van der Waals surface area contributed by atoms with Crippen LogP contribution in [0.5, 0.6) is 11.5 Å². The van der Waals surface area contributed by atoms with Gasteiger partial charge in [-0.3, -0.25) is 29.0 Å². The maximum atomic E-state index is 12.7. The molecule has 10 nitrogen and oxygen atoms in total. The van der Waals surface area contributed by atoms with Crippen LogP contribution in [0.1, 0.15) is 82.3 Å². The molecule has 308 valence electrons. The zero-order valence-corrected chi connectivity index (χ0v) is 35.9. The molecule has 59 heavy (non-hydrogen) atoms. The highest BCUT2D eigenvalue weighted by molar-refractivity contribution is 6.64. The summed E-state index contributed by atoms with van der Waals surface area (Å²) in [6, 6.07) is 19.2. The first-order chi connectivity index (χ1) is 28.0. The summed E-state index contributed by atoms with van der Waals surface area (Å²) in [5.74, 6) is 1.81. The van der Waals surface area contributed by atoms with Gasteiger partial charge in [0.2, 0.25) is 11.1 Å². The van der Waals surface area contributed by atoms with Crippen LogP contribution in [0.3, 0.4) is 0 Å². The number of ether oxygens (including phenoxy) is 2. The predicted molar refractivity (Wildman–Crippen MR) is 235 cm³/mol. The number of nitrogens with two attached hydrogens (primary N) is 1. The fraction of sp³-hybridized carbons (Fsp3) is 0.333. The number of aryl methyl sites for hydroxylation is 4. The van der Waals surface area contributed by atoms with E-state index in [2.05, 4.69) is 18.5 Å². The molecule has 2 saturated carbocycles. The van der Waals surface area contributed by atoms with E-state index in [0.29, 0.717) is 11.1 Å². The third kappa shape index (κ3) is 8.78. The Balaban J connectivity index is 0.000000176. The molecule has 4 aliphatic rings. The van der Waals surface area contributed by atoms with Gasteiger partial charge in [0.1, 0.15) is 11.5 Å². The SMILES string of the molecule is C=C1C(=O)N(c2cc(C)c(C)c(OC)c2)[C@H]1c1ccc(C)c(N)c1.C=C1C(=O)N(c2cc(C)c(C)c(OC)c2)[C@H]1c1ccc(C)c(NC(=O)C2CC2)c1.O=C(Cl)C1CC1. The van der Waals surface area contributed by atoms with Crippen LogP contribution in [-0.4, -0.2) is 37.2 Å². The Hall–Kier alpha value is -5.87. The quantitative estimate of drug-likeness (QED) is 0.0745. The summed E-state index contributed by atoms with van der Waals surface area (Å²) in [6.07, 6.45) is 3.95. The van der Waals surface area contributed by atoms with Crippen LogP contribution in [0.2, 0.25) is 0 Å². The summed E-state index contributed by atoms with van der Waals surface area (Å²) in [6.45, 7) is 19.9. The molecule has 2 aliphatic carbocycles. The van der Waals surface area contributed by atoms with Crippen LogP contribution in [0.25, 0.3) is 0 Å². The first-order valence-electron chi connectivity index (χ1n) is 19.8. The number of hydrogen-bond acceptors (Lipinski definition) is 7. The van der Waals surface area contributed by atoms with Crippen molar-refractivity contribution in [2.24, 2.45) is 11.8 Å². The number of β-lactam (4-membered cyclic amide) rings is 2. The molecular weight excluding hydrogens is 764 g/mol. The lowest BCUT2D eigenvalue weighted by molar-refractivity contribution is -0.119. The highest BCUT2D eigenvalue weighted by Crippen LogP contribution is 2.46. The van der Waals surface area contributed by atoms with Gasteiger partial charge in [-0.05, 0) is 148 Å². The van der Waals surface area contributed by atoms with Gasteiger partial charge >= 0.3 is 0 Å². The number of nitrogen functional groups attached to an aromatic ring is 1. The molecule has 4 aromatic carbocycles. The lowest BCUT2D eigenvalue weighted by atomic mass is 9.87. The van der Waals surface area contributed by atoms with E-state index in [1.165, 1.54) is 0 Å². The summed E-state index contributed by atoms with van der Waals surface area (Å²) >= 11 is 5.04. The zero-order chi connectivity index (χ0) is 43.0. The molecule has 2 atom stereocenters. The van der Waals surface area contributed by atoms with Gasteiger partial charge in [0.05, 0.1) is 26.3 Å². The summed E-state index contributed by atoms with van der Waals surface area (Å²) in [5.41, 5.74) is 18.5. The van der Waals surface area contributed by atoms with Gasteiger partial charge in [-0.25, -0.2) is 0 Å². The van der Waals surface area contributed by atoms with Gasteiger partial charge in [0.25, 0.3) is 11.8 Å². The smallest absolute Gasteiger partial charge is 0.256 e. The van der Waals surface area contributed by atoms with E-state index in [9.17, 15) is 19.2 Å². The number of methoxy groups -OCH3 is 2. The number of amides is 3. The van der Waals surface area contributed by atoms with Gasteiger partial charge < -0.3 is 20.5 Å². The molecule has 3 N–H and O–H groups in total. The first kappa shape index (κ1) is 42.7. The van der Waals surface area contributed by atoms with Crippen molar-refractivity contribution >= 4 is 57.3 Å². The van der Waals surface area contributed by atoms with Crippen LogP contribution in [0.4, 0.5) is 22.7 Å². The van der Waals surface area contributed by atoms with E-state index in [1.54, 1.807) is 24.0 Å². The van der Waals surface area contributed by atoms with Crippen LogP contribution in [0, 0.1) is 53.4 Å². The fourth-order valence-corrected chi connectivity index (χ4v) is 7.39. The molecule has 2 saturated heterocycles. The third-order valence-corrected chi connectivity index (χ3v) is 12.0. The molecule has 0 spiro atoms. The minimum atomic E-state index is -0.258. The molecule has 4 aromatic rings. The molecule has 4 fully saturated rings. The second kappa shape index (κ2) is 17.2. The predicted octanol–water partition coefficient (Wildman–Crippen LogP) is 9.62. The largest absolute Gasteiger partial charge is 0.496 e. The van der Waals surface area contributed by atoms with E-state index in [4.69, 9.17) is 26.8 Å². The number of halogens is 1. The normalized spacial score (nSPS) is 18.1. The van der Waals surface area contributed by atoms with Crippen molar-refractivity contribution in [3.8, 4) is 11.5 Å². The number of anilines is 4. The van der Waals surface area contributed by atoms with E-state index in [0.717, 1.165) is 104 Å². The zero-order valence-electron chi connectivity index (χ0n) is 35.1. The number of benzene rings is 4. The van der Waals surface area contributed by atoms with E-state index >= 15 is 0 Å². The molecule has 3 amide bonds. The van der Waals surface area contributed by atoms with Gasteiger partial charge in [-0.1, -0.05) is 37.4 Å². The molecule has 0 bridgehead atoms. The molecular formula is C48H53ClN4O6. The van der Waals surface area contributed by atoms with E-state index in [-0.39, 0.29) is 46.9 Å². The number of nitrogens with one attached hydrogen (secondary N) is 1. The number of hydrogen-bond donors (Lipinski definition) is 2. The summed E-state index contributed by atoms with van der Waals surface area (Å²) in [5, 5.41) is 2.88. The van der Waals surface area contributed by atoms with Crippen molar-refractivity contribution in [3.05, 3.63) is 129 Å². The standard InChI is InChI=1S/C24H26N2O3.C20H22N2O2.C4H5ClO/c1-13-6-7-18(11-20(13)25-23(27)17-8-9-17)22-16(4)24(28)26(22)19-10-14(2)15(3)21(12-19)29-5;1-11-6-7-15(9-17(11)21)19-14(4)20(23)22(19)16-8-12(2)13(3)18(10-16)24-5;5-4(6)3-1-2-3/h6-7,10-12,17,22H,4,8-9H2,1-3,5H3,(H,25,27);6-10,19H,4,21H2,1-3,5H3;3H,1-2H2/t22-;19-;/m11./s1. The Bertz CT molecular complexity index is 2400. The van der Waals surface area contributed by atoms with Crippen molar-refractivity contribution in [1.82, 2.24) is 0 Å². The number of carbonyl (C=O) groups is 4. The average molecular weight is 817 g/mol. The Morgan fingerprint density at radius 1 is 0.661 bits per heavy atom. The highest BCUT2D eigenvalue weighted by atomic mass is 35.5. The highest BCUT2D eigenvalue weighted by Gasteiger charge is 2.44. The van der Waals surface area contributed by atoms with Crippen molar-refractivity contribution in [2.45, 2.75) is 79.3 Å². The van der Waals surface area contributed by atoms with Crippen LogP contribution >= 0.6 is 11.6 Å². The number of nitrogens with zero attached hydrogens (tertiary/aromatic N) is 2. The van der Waals surface area contributed by atoms with Crippen LogP contribution < -0.4 is 30.3 Å². The molecule has 2 aliphatic heterocycles. The average Bonchev–Trinajstić information content (AvgIpc) is 4.14.